The van der Waals surface area contributed by atoms with Gasteiger partial charge in [0.05, 0.1) is 4.47 Å². The van der Waals surface area contributed by atoms with E-state index in [9.17, 15) is 9.59 Å². The highest BCUT2D eigenvalue weighted by molar-refractivity contribution is 9.10. The summed E-state index contributed by atoms with van der Waals surface area (Å²) in [6, 6.07) is 3.29. The Bertz CT molecular complexity index is 471. The van der Waals surface area contributed by atoms with Gasteiger partial charge < -0.3 is 4.74 Å². The maximum Gasteiger partial charge on any atom is 0.421 e. The normalized spacial score (nSPS) is 11.3. The summed E-state index contributed by atoms with van der Waals surface area (Å²) in [7, 11) is 0. The first kappa shape index (κ1) is 13.0. The highest BCUT2D eigenvalue weighted by Crippen LogP contribution is 2.10. The minimum atomic E-state index is -0.656. The predicted molar refractivity (Wildman–Crippen MR) is 64.8 cm³/mol. The fourth-order valence-electron chi connectivity index (χ4n) is 1.14. The lowest BCUT2D eigenvalue weighted by atomic mass is 10.2. The number of hydrogen-bond acceptors (Lipinski definition) is 3. The number of hydrogen-bond donors (Lipinski definition) is 0. The summed E-state index contributed by atoms with van der Waals surface area (Å²) in [5.74, 6) is 0. The van der Waals surface area contributed by atoms with Gasteiger partial charge in [-0.1, -0.05) is 0 Å². The summed E-state index contributed by atoms with van der Waals surface area (Å²) in [6.07, 6.45) is -0.656. The van der Waals surface area contributed by atoms with Crippen molar-refractivity contribution >= 4 is 22.0 Å². The molecule has 0 bridgehead atoms. The molecule has 0 fully saturated rings. The van der Waals surface area contributed by atoms with Crippen molar-refractivity contribution in [3.63, 3.8) is 0 Å². The smallest absolute Gasteiger partial charge is 0.421 e. The van der Waals surface area contributed by atoms with E-state index in [0.717, 1.165) is 4.57 Å². The SMILES string of the molecule is Cc1ccc(Br)c(=O)n1C(=O)OC(C)(C)C. The number of aryl methyl sites for hydroxylation is 1. The Morgan fingerprint density at radius 1 is 1.38 bits per heavy atom. The van der Waals surface area contributed by atoms with Crippen LogP contribution in [0.4, 0.5) is 4.79 Å². The van der Waals surface area contributed by atoms with Crippen LogP contribution >= 0.6 is 15.9 Å². The summed E-state index contributed by atoms with van der Waals surface area (Å²) in [5, 5.41) is 0. The minimum Gasteiger partial charge on any atom is -0.443 e. The summed E-state index contributed by atoms with van der Waals surface area (Å²) < 4.78 is 6.49. The molecule has 0 aliphatic rings. The van der Waals surface area contributed by atoms with E-state index in [4.69, 9.17) is 4.74 Å². The molecule has 0 unspecified atom stereocenters. The van der Waals surface area contributed by atoms with Crippen LogP contribution in [0.1, 0.15) is 26.5 Å². The molecule has 0 spiro atoms. The van der Waals surface area contributed by atoms with Crippen molar-refractivity contribution in [3.8, 4) is 0 Å². The van der Waals surface area contributed by atoms with E-state index in [0.29, 0.717) is 10.2 Å². The van der Waals surface area contributed by atoms with Crippen molar-refractivity contribution in [1.82, 2.24) is 4.57 Å². The van der Waals surface area contributed by atoms with Gasteiger partial charge in [0.2, 0.25) is 0 Å². The fourth-order valence-corrected chi connectivity index (χ4v) is 1.45. The minimum absolute atomic E-state index is 0.337. The molecule has 0 saturated carbocycles. The zero-order chi connectivity index (χ0) is 12.5. The molecule has 1 rings (SSSR count). The maximum atomic E-state index is 11.8. The van der Waals surface area contributed by atoms with E-state index >= 15 is 0 Å². The average Bonchev–Trinajstić information content (AvgIpc) is 2.09. The van der Waals surface area contributed by atoms with Gasteiger partial charge in [-0.3, -0.25) is 4.79 Å². The molecule has 1 aromatic rings. The van der Waals surface area contributed by atoms with Crippen molar-refractivity contribution in [3.05, 3.63) is 32.7 Å². The van der Waals surface area contributed by atoms with Gasteiger partial charge in [-0.2, -0.15) is 0 Å². The number of ether oxygens (including phenoxy) is 1. The third kappa shape index (κ3) is 2.95. The molecule has 1 heterocycles. The molecule has 1 aromatic heterocycles. The molecule has 5 heteroatoms. The van der Waals surface area contributed by atoms with Crippen molar-refractivity contribution < 1.29 is 9.53 Å². The third-order valence-corrected chi connectivity index (χ3v) is 2.41. The first-order valence-corrected chi connectivity index (χ1v) is 5.63. The van der Waals surface area contributed by atoms with E-state index in [2.05, 4.69) is 15.9 Å². The average molecular weight is 288 g/mol. The van der Waals surface area contributed by atoms with Crippen LogP contribution in [0.25, 0.3) is 0 Å². The number of halogens is 1. The molecule has 88 valence electrons. The predicted octanol–water partition coefficient (Wildman–Crippen LogP) is 2.70. The van der Waals surface area contributed by atoms with E-state index in [1.807, 2.05) is 0 Å². The molecule has 0 atom stereocenters. The van der Waals surface area contributed by atoms with E-state index < -0.39 is 17.3 Å². The zero-order valence-electron chi connectivity index (χ0n) is 9.70. The lowest BCUT2D eigenvalue weighted by Gasteiger charge is -2.20. The van der Waals surface area contributed by atoms with Crippen LogP contribution < -0.4 is 5.56 Å². The van der Waals surface area contributed by atoms with Crippen molar-refractivity contribution in [2.75, 3.05) is 0 Å². The Kier molecular flexibility index (Phi) is 3.57. The van der Waals surface area contributed by atoms with Gasteiger partial charge in [0.25, 0.3) is 5.56 Å². The molecule has 0 radical (unpaired) electrons. The first-order valence-electron chi connectivity index (χ1n) is 4.84. The fraction of sp³-hybridized carbons (Fsp3) is 0.455. The summed E-state index contributed by atoms with van der Waals surface area (Å²) in [5.41, 5.74) is -0.484. The van der Waals surface area contributed by atoms with Gasteiger partial charge in [0, 0.05) is 5.69 Å². The van der Waals surface area contributed by atoms with Crippen molar-refractivity contribution in [2.45, 2.75) is 33.3 Å². The quantitative estimate of drug-likeness (QED) is 0.737. The second-order valence-electron chi connectivity index (χ2n) is 4.44. The van der Waals surface area contributed by atoms with Crippen LogP contribution in [-0.2, 0) is 4.74 Å². The second-order valence-corrected chi connectivity index (χ2v) is 5.30. The Labute approximate surface area is 102 Å². The lowest BCUT2D eigenvalue weighted by Crippen LogP contribution is -2.35. The van der Waals surface area contributed by atoms with Crippen LogP contribution in [0.15, 0.2) is 21.4 Å². The Balaban J connectivity index is 3.19. The van der Waals surface area contributed by atoms with Crippen LogP contribution in [0.5, 0.6) is 0 Å². The van der Waals surface area contributed by atoms with Crippen molar-refractivity contribution in [2.24, 2.45) is 0 Å². The largest absolute Gasteiger partial charge is 0.443 e. The Morgan fingerprint density at radius 3 is 2.44 bits per heavy atom. The maximum absolute atomic E-state index is 11.8. The molecule has 0 aliphatic carbocycles. The van der Waals surface area contributed by atoms with Crippen molar-refractivity contribution in [1.29, 1.82) is 0 Å². The standard InChI is InChI=1S/C11H14BrNO3/c1-7-5-6-8(12)9(14)13(7)10(15)16-11(2,3)4/h5-6H,1-4H3. The van der Waals surface area contributed by atoms with Gasteiger partial charge >= 0.3 is 6.09 Å². The summed E-state index contributed by atoms with van der Waals surface area (Å²) in [6.45, 7) is 6.94. The van der Waals surface area contributed by atoms with Gasteiger partial charge in [0.1, 0.15) is 5.60 Å². The number of rotatable bonds is 0. The molecular weight excluding hydrogens is 274 g/mol. The lowest BCUT2D eigenvalue weighted by molar-refractivity contribution is 0.0527. The number of carbonyl (C=O) groups is 1. The highest BCUT2D eigenvalue weighted by atomic mass is 79.9. The van der Waals surface area contributed by atoms with E-state index in [1.54, 1.807) is 39.8 Å². The topological polar surface area (TPSA) is 48.3 Å². The van der Waals surface area contributed by atoms with E-state index in [-0.39, 0.29) is 0 Å². The molecule has 0 aromatic carbocycles. The summed E-state index contributed by atoms with van der Waals surface area (Å²) in [4.78, 5) is 23.5. The van der Waals surface area contributed by atoms with Crippen LogP contribution in [0.3, 0.4) is 0 Å². The number of pyridine rings is 1. The van der Waals surface area contributed by atoms with Gasteiger partial charge in [-0.25, -0.2) is 9.36 Å². The van der Waals surface area contributed by atoms with Gasteiger partial charge in [0.15, 0.2) is 0 Å². The molecular formula is C11H14BrNO3. The van der Waals surface area contributed by atoms with Crippen LogP contribution in [0.2, 0.25) is 0 Å². The Hall–Kier alpha value is -1.10. The molecule has 0 N–H and O–H groups in total. The molecule has 4 nitrogen and oxygen atoms in total. The first-order chi connectivity index (χ1) is 7.22. The Morgan fingerprint density at radius 2 is 1.94 bits per heavy atom. The monoisotopic (exact) mass is 287 g/mol. The van der Waals surface area contributed by atoms with Gasteiger partial charge in [-0.15, -0.1) is 0 Å². The van der Waals surface area contributed by atoms with Crippen LogP contribution in [-0.4, -0.2) is 16.3 Å². The molecule has 16 heavy (non-hydrogen) atoms. The number of carbonyl (C=O) groups excluding carboxylic acids is 1. The van der Waals surface area contributed by atoms with Crippen LogP contribution in [0, 0.1) is 6.92 Å². The summed E-state index contributed by atoms with van der Waals surface area (Å²) >= 11 is 3.09. The number of nitrogens with zero attached hydrogens (tertiary/aromatic N) is 1. The highest BCUT2D eigenvalue weighted by Gasteiger charge is 2.20. The molecule has 0 amide bonds. The molecule has 0 aliphatic heterocycles. The number of aromatic nitrogens is 1. The zero-order valence-corrected chi connectivity index (χ0v) is 11.3. The van der Waals surface area contributed by atoms with Gasteiger partial charge in [-0.05, 0) is 55.8 Å². The van der Waals surface area contributed by atoms with E-state index in [1.165, 1.54) is 0 Å². The molecule has 0 saturated heterocycles. The second kappa shape index (κ2) is 4.41. The third-order valence-electron chi connectivity index (χ3n) is 1.81.